The summed E-state index contributed by atoms with van der Waals surface area (Å²) in [5.41, 5.74) is 0. The molecule has 16 N–H and O–H groups in total. The van der Waals surface area contributed by atoms with Gasteiger partial charge in [-0.15, -0.1) is 0 Å². The number of hydrogen-bond acceptors (Lipinski definition) is 26. The number of nitrogens with one attached hydrogen (secondary N) is 5. The van der Waals surface area contributed by atoms with Gasteiger partial charge in [0.05, 0.1) is 38.6 Å². The molecule has 0 aliphatic carbocycles. The summed E-state index contributed by atoms with van der Waals surface area (Å²) < 4.78 is 53.7. The molecule has 4 amide bonds. The zero-order chi connectivity index (χ0) is 53.5. The Bertz CT molecular complexity index is 1810. The molecule has 5 saturated heterocycles. The normalized spacial score (nSPS) is 43.5. The summed E-state index contributed by atoms with van der Waals surface area (Å²) in [6, 6.07) is -7.57. The van der Waals surface area contributed by atoms with Crippen LogP contribution >= 0.6 is 0 Å². The summed E-state index contributed by atoms with van der Waals surface area (Å²) in [5.74, 6) is -3.20. The van der Waals surface area contributed by atoms with E-state index in [4.69, 9.17) is 42.6 Å². The molecule has 5 aliphatic heterocycles. The SMILES string of the molecule is CNC1C(OC2C(CO)OC(OC3C(CO)OC(OC4C(CO)OC(OC5C(CO)OC(O)C(NC(C)=O)C5O)C(NC(C)=O)C4O)C(NC(C)=O)C3O)C(NC(C)=O)C2O)OC(CCC(C)=O)C(O)C1O. The Morgan fingerprint density at radius 2 is 0.694 bits per heavy atom. The van der Waals surface area contributed by atoms with Crippen LogP contribution < -0.4 is 26.6 Å². The van der Waals surface area contributed by atoms with E-state index < -0.39 is 203 Å². The van der Waals surface area contributed by atoms with Crippen molar-refractivity contribution in [3.8, 4) is 0 Å². The van der Waals surface area contributed by atoms with Gasteiger partial charge >= 0.3 is 0 Å². The number of ether oxygens (including phenoxy) is 9. The molecule has 5 rings (SSSR count). The summed E-state index contributed by atoms with van der Waals surface area (Å²) in [6.07, 6.45) is -33.3. The zero-order valence-corrected chi connectivity index (χ0v) is 40.3. The lowest BCUT2D eigenvalue weighted by Gasteiger charge is -2.51. The lowest BCUT2D eigenvalue weighted by atomic mass is 9.92. The highest BCUT2D eigenvalue weighted by Crippen LogP contribution is 2.36. The fourth-order valence-electron chi connectivity index (χ4n) is 9.42. The fraction of sp³-hybridized carbons (Fsp3) is 0.881. The van der Waals surface area contributed by atoms with Crippen LogP contribution in [0.1, 0.15) is 47.5 Å². The van der Waals surface area contributed by atoms with Gasteiger partial charge in [0.25, 0.3) is 0 Å². The minimum absolute atomic E-state index is 0.0140. The first kappa shape index (κ1) is 59.6. The van der Waals surface area contributed by atoms with Crippen LogP contribution in [-0.2, 0) is 66.6 Å². The van der Waals surface area contributed by atoms with Gasteiger partial charge in [-0.1, -0.05) is 0 Å². The van der Waals surface area contributed by atoms with Crippen LogP contribution in [0.5, 0.6) is 0 Å². The number of rotatable bonds is 20. The maximum Gasteiger partial charge on any atom is 0.217 e. The van der Waals surface area contributed by atoms with E-state index >= 15 is 0 Å². The van der Waals surface area contributed by atoms with E-state index in [1.165, 1.54) is 14.0 Å². The number of aliphatic hydroxyl groups excluding tert-OH is 11. The molecule has 0 aromatic carbocycles. The van der Waals surface area contributed by atoms with Crippen molar-refractivity contribution in [1.29, 1.82) is 0 Å². The van der Waals surface area contributed by atoms with Crippen molar-refractivity contribution in [3.05, 3.63) is 0 Å². The summed E-state index contributed by atoms with van der Waals surface area (Å²) >= 11 is 0. The number of hydrogen-bond donors (Lipinski definition) is 16. The van der Waals surface area contributed by atoms with Gasteiger partial charge in [0.15, 0.2) is 31.5 Å². The van der Waals surface area contributed by atoms with Crippen molar-refractivity contribution in [2.24, 2.45) is 0 Å². The minimum Gasteiger partial charge on any atom is -0.394 e. The second-order valence-electron chi connectivity index (χ2n) is 18.3. The standard InChI is InChI=1S/C42H71N5O25/c1-13(52)7-8-18-28(57)29(58)24(43-6)39(65-18)69-35-20(10-49)66-41(25(31(35)60)45-15(3)54)71-37-22(12-51)68-42(27(33(37)62)47-17(5)56)72-36-21(11-50)67-40(26(32(36)61)46-16(4)55)70-34-19(9-48)64-38(63)23(30(34)59)44-14(2)53/h18-43,48-51,57-63H,7-12H2,1-6H3,(H,44,53)(H,45,54)(H,46,55)(H,47,56). The average molecular weight is 1050 g/mol. The van der Waals surface area contributed by atoms with Gasteiger partial charge in [0, 0.05) is 34.1 Å². The third-order valence-corrected chi connectivity index (χ3v) is 12.9. The molecule has 0 saturated carbocycles. The van der Waals surface area contributed by atoms with Crippen molar-refractivity contribution in [2.75, 3.05) is 33.5 Å². The maximum absolute atomic E-state index is 12.7. The summed E-state index contributed by atoms with van der Waals surface area (Å²) in [4.78, 5) is 61.4. The molecule has 0 bridgehead atoms. The number of carbonyl (C=O) groups is 5. The first-order valence-electron chi connectivity index (χ1n) is 23.3. The molecule has 25 unspecified atom stereocenters. The first-order valence-corrected chi connectivity index (χ1v) is 23.3. The Hall–Kier alpha value is -3.29. The first-order chi connectivity index (χ1) is 34.0. The number of Topliss-reactive ketones (excluding diaryl/α,β-unsaturated/α-hetero) is 1. The largest absolute Gasteiger partial charge is 0.394 e. The van der Waals surface area contributed by atoms with Crippen LogP contribution in [0.4, 0.5) is 0 Å². The van der Waals surface area contributed by atoms with Crippen LogP contribution in [-0.4, -0.2) is 272 Å². The molecule has 72 heavy (non-hydrogen) atoms. The molecule has 0 aromatic heterocycles. The Balaban J connectivity index is 1.39. The number of aliphatic hydroxyl groups is 11. The summed E-state index contributed by atoms with van der Waals surface area (Å²) in [6.45, 7) is 1.96. The molecule has 414 valence electrons. The second-order valence-corrected chi connectivity index (χ2v) is 18.3. The molecule has 5 heterocycles. The quantitative estimate of drug-likeness (QED) is 0.0538. The smallest absolute Gasteiger partial charge is 0.217 e. The van der Waals surface area contributed by atoms with E-state index in [1.807, 2.05) is 0 Å². The van der Waals surface area contributed by atoms with Crippen LogP contribution in [0.25, 0.3) is 0 Å². The summed E-state index contributed by atoms with van der Waals surface area (Å²) in [7, 11) is 1.43. The number of likely N-dealkylation sites (N-methyl/N-ethyl adjacent to an activating group) is 1. The fourth-order valence-corrected chi connectivity index (χ4v) is 9.42. The lowest BCUT2D eigenvalue weighted by Crippen LogP contribution is -2.72. The van der Waals surface area contributed by atoms with Gasteiger partial charge in [0.1, 0.15) is 115 Å². The Morgan fingerprint density at radius 1 is 0.403 bits per heavy atom. The van der Waals surface area contributed by atoms with Gasteiger partial charge in [0.2, 0.25) is 23.6 Å². The predicted molar refractivity (Wildman–Crippen MR) is 233 cm³/mol. The zero-order valence-electron chi connectivity index (χ0n) is 40.3. The molecular formula is C42H71N5O25. The minimum atomic E-state index is -1.97. The van der Waals surface area contributed by atoms with E-state index in [1.54, 1.807) is 0 Å². The van der Waals surface area contributed by atoms with E-state index in [2.05, 4.69) is 26.6 Å². The van der Waals surface area contributed by atoms with Gasteiger partial charge in [-0.3, -0.25) is 19.2 Å². The van der Waals surface area contributed by atoms with Crippen LogP contribution in [0.3, 0.4) is 0 Å². The topological polar surface area (TPSA) is 451 Å². The maximum atomic E-state index is 12.7. The van der Waals surface area contributed by atoms with Gasteiger partial charge < -0.3 is 130 Å². The van der Waals surface area contributed by atoms with Crippen molar-refractivity contribution < 1.29 is 123 Å². The molecule has 30 heteroatoms. The van der Waals surface area contributed by atoms with Crippen LogP contribution in [0, 0.1) is 0 Å². The van der Waals surface area contributed by atoms with E-state index in [0.29, 0.717) is 0 Å². The summed E-state index contributed by atoms with van der Waals surface area (Å²) in [5, 5.41) is 133. The van der Waals surface area contributed by atoms with Crippen molar-refractivity contribution in [1.82, 2.24) is 26.6 Å². The molecule has 0 spiro atoms. The molecule has 0 radical (unpaired) electrons. The molecular weight excluding hydrogens is 974 g/mol. The monoisotopic (exact) mass is 1050 g/mol. The van der Waals surface area contributed by atoms with Crippen molar-refractivity contribution in [2.45, 2.75) is 201 Å². The Kier molecular flexibility index (Phi) is 21.9. The van der Waals surface area contributed by atoms with E-state index in [0.717, 1.165) is 27.7 Å². The number of amides is 4. The van der Waals surface area contributed by atoms with Crippen LogP contribution in [0.15, 0.2) is 0 Å². The molecule has 30 nitrogen and oxygen atoms in total. The molecule has 0 aromatic rings. The molecule has 25 atom stereocenters. The Morgan fingerprint density at radius 3 is 1.00 bits per heavy atom. The van der Waals surface area contributed by atoms with Crippen molar-refractivity contribution in [3.63, 3.8) is 0 Å². The van der Waals surface area contributed by atoms with Gasteiger partial charge in [-0.25, -0.2) is 0 Å². The van der Waals surface area contributed by atoms with Gasteiger partial charge in [-0.2, -0.15) is 0 Å². The highest BCUT2D eigenvalue weighted by atomic mass is 16.8. The third kappa shape index (κ3) is 13.9. The van der Waals surface area contributed by atoms with Gasteiger partial charge in [-0.05, 0) is 20.4 Å². The number of carbonyl (C=O) groups excluding carboxylic acids is 5. The van der Waals surface area contributed by atoms with E-state index in [-0.39, 0.29) is 18.6 Å². The second kappa shape index (κ2) is 26.5. The van der Waals surface area contributed by atoms with E-state index in [9.17, 15) is 80.1 Å². The lowest BCUT2D eigenvalue weighted by molar-refractivity contribution is -0.367. The van der Waals surface area contributed by atoms with Crippen molar-refractivity contribution >= 4 is 29.4 Å². The molecule has 5 aliphatic rings. The number of ketones is 1. The van der Waals surface area contributed by atoms with Crippen LogP contribution in [0.2, 0.25) is 0 Å². The Labute approximate surface area is 412 Å². The predicted octanol–water partition coefficient (Wildman–Crippen LogP) is -9.75. The molecule has 5 fully saturated rings. The third-order valence-electron chi connectivity index (χ3n) is 12.9. The average Bonchev–Trinajstić information content (AvgIpc) is 3.31. The highest BCUT2D eigenvalue weighted by Gasteiger charge is 2.57. The highest BCUT2D eigenvalue weighted by molar-refractivity contribution is 5.75.